The molecule has 0 saturated heterocycles. The molecule has 16 atom stereocenters. The molecular weight excluding hydrogens is 1850 g/mol. The van der Waals surface area contributed by atoms with Gasteiger partial charge in [0.2, 0.25) is 112 Å². The maximum absolute atomic E-state index is 14.5. The predicted molar refractivity (Wildman–Crippen MR) is 507 cm³/mol. The number of primary amides is 1. The van der Waals surface area contributed by atoms with Gasteiger partial charge in [0.1, 0.15) is 90.6 Å². The Morgan fingerprint density at radius 1 is 0.271 bits per heavy atom. The number of carboxylic acid groups (broad SMARTS) is 1. The summed E-state index contributed by atoms with van der Waals surface area (Å²) in [5.41, 5.74) is 55.7. The number of carbonyl (C=O) groups excluding carboxylic acids is 19. The lowest BCUT2D eigenvalue weighted by Gasteiger charge is -2.28. The lowest BCUT2D eigenvalue weighted by molar-refractivity contribution is -0.142. The Labute approximate surface area is 811 Å². The zero-order valence-corrected chi connectivity index (χ0v) is 80.2. The number of hydrogen-bond donors (Lipinski definition) is 38. The monoisotopic (exact) mass is 2000 g/mol. The summed E-state index contributed by atoms with van der Waals surface area (Å²) in [7, 11) is 0. The third-order valence-corrected chi connectivity index (χ3v) is 21.0. The Hall–Kier alpha value is -13.1. The van der Waals surface area contributed by atoms with Crippen LogP contribution in [0.5, 0.6) is 0 Å². The van der Waals surface area contributed by atoms with E-state index >= 15 is 0 Å². The molecule has 0 bridgehead atoms. The van der Waals surface area contributed by atoms with E-state index in [2.05, 4.69) is 112 Å². The van der Waals surface area contributed by atoms with Crippen LogP contribution in [0.4, 0.5) is 0 Å². The van der Waals surface area contributed by atoms with E-state index in [0.29, 0.717) is 45.1 Å². The van der Waals surface area contributed by atoms with Crippen LogP contribution in [0.25, 0.3) is 0 Å². The van der Waals surface area contributed by atoms with Crippen molar-refractivity contribution in [2.45, 2.75) is 279 Å². The zero-order chi connectivity index (χ0) is 106. The van der Waals surface area contributed by atoms with Crippen LogP contribution in [0.15, 0.2) is 0 Å². The average molecular weight is 2000 g/mol. The van der Waals surface area contributed by atoms with Gasteiger partial charge in [-0.1, -0.05) is 13.8 Å². The topological polar surface area (TPSA) is 1010 Å². The first-order chi connectivity index (χ1) is 66.1. The molecule has 19 amide bonds. The Kier molecular flexibility index (Phi) is 65.4. The highest BCUT2D eigenvalue weighted by atomic mass is 16.4. The SMILES string of the molecule is CC(C)[C@H](NC(=O)[C@H](CCCNC(=N)N)NC(=O)[C@H](C)NC(=O)[C@H](CCCCN)NC(=O)[C@H](C)NC(=O)[C@H](CCCCN)NC(=O)[C@@H](NC(=O)[C@H](CCCNC(=N)N)NC(=O)[C@H](CO)NC(=O)[C@@H](N)CO)[C@@H](C)O)C(=O)N[C@@H](CCCCN)C(=O)NCC(=O)NCC(=O)N[C@@H](CCC(N)=O)C(=O)N[C@@H](CCCCN)C(=O)NCC(=O)N[C@@H](CCCNC(=N)N)C(=O)NCC(=O)N[C@@H](CCCCN)C(=O)O. The summed E-state index contributed by atoms with van der Waals surface area (Å²) in [6.45, 7) is 2.67. The van der Waals surface area contributed by atoms with Crippen molar-refractivity contribution in [2.24, 2.45) is 63.3 Å². The van der Waals surface area contributed by atoms with Crippen LogP contribution in [-0.2, 0) is 95.9 Å². The van der Waals surface area contributed by atoms with Gasteiger partial charge in [-0.25, -0.2) is 4.79 Å². The Morgan fingerprint density at radius 3 is 0.857 bits per heavy atom. The van der Waals surface area contributed by atoms with Crippen LogP contribution < -0.4 is 169 Å². The maximum Gasteiger partial charge on any atom is 0.326 e. The molecule has 0 spiro atoms. The number of aliphatic hydroxyl groups excluding tert-OH is 3. The highest BCUT2D eigenvalue weighted by Crippen LogP contribution is 2.14. The average Bonchev–Trinajstić information content (AvgIpc) is 0.855. The van der Waals surface area contributed by atoms with Gasteiger partial charge < -0.3 is 189 Å². The molecule has 0 aliphatic heterocycles. The molecule has 58 nitrogen and oxygen atoms in total. The van der Waals surface area contributed by atoms with Gasteiger partial charge in [0.15, 0.2) is 17.9 Å². The van der Waals surface area contributed by atoms with E-state index in [-0.39, 0.29) is 148 Å². The first kappa shape index (κ1) is 127. The van der Waals surface area contributed by atoms with E-state index in [1.54, 1.807) is 13.8 Å². The lowest BCUT2D eigenvalue weighted by atomic mass is 10.0. The van der Waals surface area contributed by atoms with E-state index in [9.17, 15) is 116 Å². The number of amides is 19. The summed E-state index contributed by atoms with van der Waals surface area (Å²) in [5.74, 6) is -21.9. The van der Waals surface area contributed by atoms with Crippen molar-refractivity contribution in [3.8, 4) is 0 Å². The lowest BCUT2D eigenvalue weighted by Crippen LogP contribution is -2.62. The third kappa shape index (κ3) is 55.4. The van der Waals surface area contributed by atoms with Crippen molar-refractivity contribution < 1.29 is 116 Å². The second-order valence-electron chi connectivity index (χ2n) is 33.3. The number of nitrogens with two attached hydrogens (primary N) is 10. The number of guanidine groups is 3. The molecule has 58 heteroatoms. The molecule has 0 aromatic heterocycles. The molecule has 0 aliphatic carbocycles. The van der Waals surface area contributed by atoms with E-state index in [1.165, 1.54) is 13.8 Å². The standard InChI is InChI=1S/C82H154N34O24/c1-43(2)63(77(137)112-50(20-7-12-30-84)70(130)100-37-59(121)99-38-60(122)106-55(27-28-58(89)120)73(133)110-49(19-6-11-29-83)69(129)102-39-61(123)105-48(24-16-34-96-80(90)91)68(128)101-40-62(124)107-56(79(139)140)23-10-15-33-87)115-74(134)53(25-17-35-97-81(92)93)109-66(126)45(4)103-71(131)51(21-8-13-31-85)108-65(125)44(3)104-72(132)52(22-9-14-32-86)113-78(138)64(46(5)119)116-75(135)54(26-18-36-98-82(94)95)111-76(136)57(42-118)114-67(127)47(88)41-117/h43-57,63-64,117-119H,6-42,83-88H2,1-5H3,(H2,89,120)(H,99,121)(H,100,130)(H,101,128)(H,102,129)(H,103,131)(H,104,132)(H,105,123)(H,106,122)(H,107,124)(H,108,125)(H,109,126)(H,110,133)(H,111,136)(H,112,137)(H,113,138)(H,114,127)(H,115,134)(H,116,135)(H,139,140)(H4,90,91,96)(H4,92,93,97)(H4,94,95,98)/t44-,45-,46+,47-,48-,49-,50-,51-,52-,53-,54-,55-,56-,57-,63-,64-/m0/s1. The fraction of sp³-hybridized carbons (Fsp3) is 0.720. The van der Waals surface area contributed by atoms with E-state index < -0.39 is 285 Å². The van der Waals surface area contributed by atoms with Crippen LogP contribution in [0.1, 0.15) is 182 Å². The van der Waals surface area contributed by atoms with Crippen molar-refractivity contribution >= 4 is 136 Å². The Morgan fingerprint density at radius 2 is 0.536 bits per heavy atom. The summed E-state index contributed by atoms with van der Waals surface area (Å²) >= 11 is 0. The summed E-state index contributed by atoms with van der Waals surface area (Å²) in [6.07, 6.45) is -0.110. The highest BCUT2D eigenvalue weighted by Gasteiger charge is 2.39. The summed E-state index contributed by atoms with van der Waals surface area (Å²) < 4.78 is 0. The molecule has 140 heavy (non-hydrogen) atoms. The van der Waals surface area contributed by atoms with Crippen LogP contribution in [0.3, 0.4) is 0 Å². The minimum atomic E-state index is -1.85. The summed E-state index contributed by atoms with van der Waals surface area (Å²) in [4.78, 5) is 271. The Bertz CT molecular complexity index is 4020. The predicted octanol–water partition coefficient (Wildman–Crippen LogP) is -15.6. The summed E-state index contributed by atoms with van der Waals surface area (Å²) in [6, 6.07) is -22.5. The minimum absolute atomic E-state index is 0.000747. The molecule has 0 unspecified atom stereocenters. The molecule has 0 fully saturated rings. The summed E-state index contributed by atoms with van der Waals surface area (Å²) in [5, 5.41) is 113. The Balaban J connectivity index is 6.67. The number of aliphatic carboxylic acids is 1. The van der Waals surface area contributed by atoms with Crippen molar-refractivity contribution in [1.82, 2.24) is 112 Å². The van der Waals surface area contributed by atoms with Gasteiger partial charge in [0, 0.05) is 26.1 Å². The number of unbranched alkanes of at least 4 members (excludes halogenated alkanes) is 5. The molecule has 796 valence electrons. The van der Waals surface area contributed by atoms with Crippen molar-refractivity contribution in [1.29, 1.82) is 16.2 Å². The molecule has 0 aromatic rings. The minimum Gasteiger partial charge on any atom is -0.480 e. The van der Waals surface area contributed by atoms with E-state index in [4.69, 9.17) is 73.6 Å². The number of aliphatic hydroxyl groups is 3. The van der Waals surface area contributed by atoms with Gasteiger partial charge >= 0.3 is 5.97 Å². The van der Waals surface area contributed by atoms with Crippen LogP contribution in [0, 0.1) is 22.1 Å². The van der Waals surface area contributed by atoms with Crippen molar-refractivity contribution in [3.05, 3.63) is 0 Å². The second-order valence-corrected chi connectivity index (χ2v) is 33.3. The molecule has 0 aromatic carbocycles. The number of rotatable bonds is 76. The van der Waals surface area contributed by atoms with Gasteiger partial charge in [-0.3, -0.25) is 107 Å². The maximum atomic E-state index is 14.5. The quantitative estimate of drug-likeness (QED) is 0.0153. The molecule has 48 N–H and O–H groups in total. The largest absolute Gasteiger partial charge is 0.480 e. The van der Waals surface area contributed by atoms with Crippen LogP contribution in [-0.4, -0.2) is 345 Å². The molecule has 0 saturated carbocycles. The smallest absolute Gasteiger partial charge is 0.326 e. The first-order valence-corrected chi connectivity index (χ1v) is 46.4. The molecule has 0 aliphatic rings. The molecular formula is C82H154N34O24. The van der Waals surface area contributed by atoms with Gasteiger partial charge in [-0.2, -0.15) is 0 Å². The van der Waals surface area contributed by atoms with E-state index in [1.807, 2.05) is 0 Å². The molecule has 0 rings (SSSR count). The van der Waals surface area contributed by atoms with Crippen LogP contribution in [0.2, 0.25) is 0 Å². The number of hydrogen-bond acceptors (Lipinski definition) is 32. The van der Waals surface area contributed by atoms with Gasteiger partial charge in [0.05, 0.1) is 45.5 Å². The van der Waals surface area contributed by atoms with Gasteiger partial charge in [-0.15, -0.1) is 0 Å². The molecule has 0 radical (unpaired) electrons. The molecule has 0 heterocycles. The number of carbonyl (C=O) groups is 20. The van der Waals surface area contributed by atoms with E-state index in [0.717, 1.165) is 6.92 Å². The number of nitrogens with one attached hydrogen (secondary N) is 24. The number of carboxylic acids is 1. The van der Waals surface area contributed by atoms with Gasteiger partial charge in [0.25, 0.3) is 0 Å². The highest BCUT2D eigenvalue weighted by molar-refractivity contribution is 6.01. The fourth-order valence-electron chi connectivity index (χ4n) is 13.0. The second kappa shape index (κ2) is 72.2. The fourth-order valence-corrected chi connectivity index (χ4v) is 13.0. The first-order valence-electron chi connectivity index (χ1n) is 46.4. The van der Waals surface area contributed by atoms with Gasteiger partial charge in [-0.05, 0) is 201 Å². The van der Waals surface area contributed by atoms with Crippen LogP contribution >= 0.6 is 0 Å². The van der Waals surface area contributed by atoms with Crippen molar-refractivity contribution in [3.63, 3.8) is 0 Å². The third-order valence-electron chi connectivity index (χ3n) is 21.0. The normalized spacial score (nSPS) is 14.4. The van der Waals surface area contributed by atoms with Crippen molar-refractivity contribution in [2.75, 3.05) is 91.8 Å². The zero-order valence-electron chi connectivity index (χ0n) is 80.2.